The first-order chi connectivity index (χ1) is 12.1. The third-order valence-electron chi connectivity index (χ3n) is 3.51. The van der Waals surface area contributed by atoms with Gasteiger partial charge in [0.15, 0.2) is 0 Å². The minimum atomic E-state index is -4.17. The highest BCUT2D eigenvalue weighted by atomic mass is 32.2. The lowest BCUT2D eigenvalue weighted by atomic mass is 10.0. The van der Waals surface area contributed by atoms with Crippen LogP contribution in [0.4, 0.5) is 23.2 Å². The van der Waals surface area contributed by atoms with E-state index in [1.165, 1.54) is 24.3 Å². The van der Waals surface area contributed by atoms with Crippen LogP contribution in [0.5, 0.6) is 0 Å². The van der Waals surface area contributed by atoms with Gasteiger partial charge in [0.2, 0.25) is 9.84 Å². The van der Waals surface area contributed by atoms with Gasteiger partial charge < -0.3 is 10.4 Å². The Morgan fingerprint density at radius 1 is 0.885 bits per heavy atom. The molecule has 2 aromatic carbocycles. The van der Waals surface area contributed by atoms with E-state index in [0.717, 1.165) is 24.3 Å². The molecular weight excluding hydrogens is 378 g/mol. The predicted molar refractivity (Wildman–Crippen MR) is 83.9 cm³/mol. The highest BCUT2D eigenvalue weighted by Gasteiger charge is 2.54. The van der Waals surface area contributed by atoms with Gasteiger partial charge in [0, 0.05) is 5.69 Å². The second-order valence-electron chi connectivity index (χ2n) is 5.22. The van der Waals surface area contributed by atoms with Crippen molar-refractivity contribution in [1.29, 1.82) is 0 Å². The Bertz CT molecular complexity index is 863. The quantitative estimate of drug-likeness (QED) is 0.742. The first kappa shape index (κ1) is 19.9. The first-order valence-corrected chi connectivity index (χ1v) is 8.58. The number of nitrogens with one attached hydrogen (secondary N) is 1. The van der Waals surface area contributed by atoms with E-state index in [-0.39, 0.29) is 15.5 Å². The molecule has 10 heteroatoms. The lowest BCUT2D eigenvalue weighted by molar-refractivity contribution is -0.184. The average molecular weight is 391 g/mol. The molecular formula is C16H13F4NO4S. The van der Waals surface area contributed by atoms with Crippen molar-refractivity contribution < 1.29 is 35.9 Å². The van der Waals surface area contributed by atoms with Crippen molar-refractivity contribution in [1.82, 2.24) is 0 Å². The highest BCUT2D eigenvalue weighted by molar-refractivity contribution is 7.91. The molecule has 0 aliphatic rings. The minimum Gasteiger partial charge on any atom is -0.371 e. The molecule has 0 bridgehead atoms. The summed E-state index contributed by atoms with van der Waals surface area (Å²) < 4.78 is 75.3. The first-order valence-electron chi connectivity index (χ1n) is 7.10. The van der Waals surface area contributed by atoms with Crippen LogP contribution < -0.4 is 5.32 Å². The molecule has 2 aromatic rings. The number of amides is 1. The Morgan fingerprint density at radius 2 is 1.35 bits per heavy atom. The van der Waals surface area contributed by atoms with E-state index in [1.807, 2.05) is 0 Å². The van der Waals surface area contributed by atoms with Gasteiger partial charge in [0.1, 0.15) is 0 Å². The van der Waals surface area contributed by atoms with Gasteiger partial charge >= 0.3 is 0 Å². The monoisotopic (exact) mass is 391 g/mol. The maximum atomic E-state index is 12.6. The van der Waals surface area contributed by atoms with Gasteiger partial charge in [-0.2, -0.15) is 0 Å². The summed E-state index contributed by atoms with van der Waals surface area (Å²) in [6, 6.07) is 11.6. The fourth-order valence-electron chi connectivity index (χ4n) is 1.98. The summed E-state index contributed by atoms with van der Waals surface area (Å²) in [4.78, 5) is 11.4. The third-order valence-corrected chi connectivity index (χ3v) is 5.29. The van der Waals surface area contributed by atoms with Crippen molar-refractivity contribution in [2.24, 2.45) is 0 Å². The summed E-state index contributed by atoms with van der Waals surface area (Å²) >= 11 is 0. The number of halogens is 4. The van der Waals surface area contributed by atoms with Gasteiger partial charge in [0.05, 0.1) is 9.79 Å². The second-order valence-corrected chi connectivity index (χ2v) is 7.17. The van der Waals surface area contributed by atoms with Crippen LogP contribution >= 0.6 is 0 Å². The summed E-state index contributed by atoms with van der Waals surface area (Å²) in [5, 5.41) is 10.9. The maximum Gasteiger partial charge on any atom is 0.281 e. The number of hydrogen-bond acceptors (Lipinski definition) is 4. The molecule has 0 saturated heterocycles. The summed E-state index contributed by atoms with van der Waals surface area (Å²) in [6.07, 6.45) is -8.03. The van der Waals surface area contributed by atoms with Crippen LogP contribution in [0, 0.1) is 0 Å². The van der Waals surface area contributed by atoms with Gasteiger partial charge in [-0.25, -0.2) is 26.0 Å². The fourth-order valence-corrected chi connectivity index (χ4v) is 3.26. The molecule has 0 unspecified atom stereocenters. The van der Waals surface area contributed by atoms with Crippen LogP contribution in [0.25, 0.3) is 0 Å². The number of benzene rings is 2. The lowest BCUT2D eigenvalue weighted by Crippen LogP contribution is -2.54. The van der Waals surface area contributed by atoms with E-state index in [9.17, 15) is 35.9 Å². The number of alkyl halides is 4. The largest absolute Gasteiger partial charge is 0.371 e. The van der Waals surface area contributed by atoms with Crippen LogP contribution in [0.15, 0.2) is 64.4 Å². The van der Waals surface area contributed by atoms with Gasteiger partial charge in [0.25, 0.3) is 24.4 Å². The Kier molecular flexibility index (Phi) is 5.67. The molecule has 0 fully saturated rings. The molecule has 0 spiro atoms. The third kappa shape index (κ3) is 3.70. The molecule has 1 amide bonds. The van der Waals surface area contributed by atoms with Gasteiger partial charge in [-0.1, -0.05) is 18.2 Å². The van der Waals surface area contributed by atoms with E-state index in [4.69, 9.17) is 0 Å². The zero-order valence-corrected chi connectivity index (χ0v) is 13.8. The molecule has 0 saturated carbocycles. The molecule has 0 aliphatic carbocycles. The Morgan fingerprint density at radius 3 is 1.81 bits per heavy atom. The van der Waals surface area contributed by atoms with Crippen LogP contribution in [0.1, 0.15) is 0 Å². The van der Waals surface area contributed by atoms with Crippen molar-refractivity contribution in [2.45, 2.75) is 28.2 Å². The topological polar surface area (TPSA) is 83.5 Å². The lowest BCUT2D eigenvalue weighted by Gasteiger charge is -2.24. The molecule has 0 radical (unpaired) electrons. The number of carbonyl (C=O) groups is 1. The van der Waals surface area contributed by atoms with E-state index < -0.39 is 34.2 Å². The maximum absolute atomic E-state index is 12.6. The standard InChI is InChI=1S/C16H13F4NO4S/c17-13(18)16(23,14(19)20)15(22)21-10-6-8-12(9-7-10)26(24,25)11-4-2-1-3-5-11/h1-9,13-14,23H,(H,21,22). The van der Waals surface area contributed by atoms with E-state index in [1.54, 1.807) is 11.4 Å². The molecule has 2 rings (SSSR count). The van der Waals surface area contributed by atoms with Crippen LogP contribution in [-0.2, 0) is 14.6 Å². The average Bonchev–Trinajstić information content (AvgIpc) is 2.61. The van der Waals surface area contributed by atoms with E-state index >= 15 is 0 Å². The fraction of sp³-hybridized carbons (Fsp3) is 0.188. The molecule has 0 heterocycles. The molecule has 140 valence electrons. The van der Waals surface area contributed by atoms with Gasteiger partial charge in [-0.15, -0.1) is 0 Å². The van der Waals surface area contributed by atoms with Crippen LogP contribution in [0.2, 0.25) is 0 Å². The normalized spacial score (nSPS) is 12.4. The summed E-state index contributed by atoms with van der Waals surface area (Å²) in [6.45, 7) is 0. The van der Waals surface area contributed by atoms with Crippen LogP contribution in [-0.4, -0.2) is 37.9 Å². The van der Waals surface area contributed by atoms with Crippen molar-refractivity contribution in [2.75, 3.05) is 5.32 Å². The van der Waals surface area contributed by atoms with Crippen molar-refractivity contribution in [3.63, 3.8) is 0 Å². The number of rotatable bonds is 6. The summed E-state index contributed by atoms with van der Waals surface area (Å²) in [5.41, 5.74) is -4.41. The molecule has 26 heavy (non-hydrogen) atoms. The van der Waals surface area contributed by atoms with Crippen LogP contribution in [0.3, 0.4) is 0 Å². The SMILES string of the molecule is O=C(Nc1ccc(S(=O)(=O)c2ccccc2)cc1)C(O)(C(F)F)C(F)F. The number of carbonyl (C=O) groups excluding carboxylic acids is 1. The number of aliphatic hydroxyl groups is 1. The molecule has 2 N–H and O–H groups in total. The predicted octanol–water partition coefficient (Wildman–Crippen LogP) is 2.72. The van der Waals surface area contributed by atoms with Crippen molar-refractivity contribution in [3.8, 4) is 0 Å². The smallest absolute Gasteiger partial charge is 0.281 e. The minimum absolute atomic E-state index is 0.0153. The number of hydrogen-bond donors (Lipinski definition) is 2. The van der Waals surface area contributed by atoms with Crippen molar-refractivity contribution in [3.05, 3.63) is 54.6 Å². The Hall–Kier alpha value is -2.46. The summed E-state index contributed by atoms with van der Waals surface area (Å²) in [7, 11) is -3.84. The second kappa shape index (κ2) is 7.42. The molecule has 0 atom stereocenters. The van der Waals surface area contributed by atoms with Gasteiger partial charge in [-0.3, -0.25) is 4.79 Å². The zero-order valence-electron chi connectivity index (χ0n) is 12.9. The Labute approximate surface area is 146 Å². The Balaban J connectivity index is 2.24. The molecule has 0 aromatic heterocycles. The van der Waals surface area contributed by atoms with Gasteiger partial charge in [-0.05, 0) is 36.4 Å². The number of sulfone groups is 1. The summed E-state index contributed by atoms with van der Waals surface area (Å²) in [5.74, 6) is -2.00. The molecule has 0 aliphatic heterocycles. The van der Waals surface area contributed by atoms with Crippen molar-refractivity contribution >= 4 is 21.4 Å². The number of anilines is 1. The highest BCUT2D eigenvalue weighted by Crippen LogP contribution is 2.27. The van der Waals surface area contributed by atoms with E-state index in [0.29, 0.717) is 0 Å². The zero-order chi connectivity index (χ0) is 19.5. The molecule has 5 nitrogen and oxygen atoms in total. The van der Waals surface area contributed by atoms with E-state index in [2.05, 4.69) is 0 Å².